The summed E-state index contributed by atoms with van der Waals surface area (Å²) >= 11 is 0. The van der Waals surface area contributed by atoms with Gasteiger partial charge < -0.3 is 10.6 Å². The van der Waals surface area contributed by atoms with Crippen molar-refractivity contribution in [2.24, 2.45) is 0 Å². The van der Waals surface area contributed by atoms with Gasteiger partial charge >= 0.3 is 6.18 Å². The van der Waals surface area contributed by atoms with E-state index in [9.17, 15) is 13.2 Å². The summed E-state index contributed by atoms with van der Waals surface area (Å²) in [7, 11) is 0. The molecule has 0 saturated carbocycles. The number of rotatable bonds is 3. The van der Waals surface area contributed by atoms with E-state index in [1.807, 2.05) is 20.8 Å². The average Bonchev–Trinajstić information content (AvgIpc) is 2.22. The second-order valence-electron chi connectivity index (χ2n) is 5.35. The van der Waals surface area contributed by atoms with Crippen LogP contribution in [0.2, 0.25) is 0 Å². The van der Waals surface area contributed by atoms with E-state index in [0.29, 0.717) is 5.82 Å². The molecule has 19 heavy (non-hydrogen) atoms. The van der Waals surface area contributed by atoms with Gasteiger partial charge in [-0.3, -0.25) is 0 Å². The van der Waals surface area contributed by atoms with Crippen molar-refractivity contribution < 1.29 is 13.2 Å². The van der Waals surface area contributed by atoms with Gasteiger partial charge in [0, 0.05) is 18.0 Å². The number of nitrogens with two attached hydrogens (primary N) is 1. The number of halogens is 3. The monoisotopic (exact) mass is 276 g/mol. The fourth-order valence-electron chi connectivity index (χ4n) is 1.52. The molecule has 7 heteroatoms. The molecule has 108 valence electrons. The Morgan fingerprint density at radius 3 is 2.21 bits per heavy atom. The molecule has 0 aliphatic rings. The summed E-state index contributed by atoms with van der Waals surface area (Å²) in [6, 6.07) is 1.37. The van der Waals surface area contributed by atoms with Crippen LogP contribution in [0.5, 0.6) is 0 Å². The lowest BCUT2D eigenvalue weighted by molar-refractivity contribution is -0.119. The molecule has 1 heterocycles. The first-order valence-corrected chi connectivity index (χ1v) is 5.99. The summed E-state index contributed by atoms with van der Waals surface area (Å²) in [5.74, 6) is 0.816. The smallest absolute Gasteiger partial charge is 0.384 e. The molecule has 1 aromatic heterocycles. The first-order chi connectivity index (χ1) is 8.53. The lowest BCUT2D eigenvalue weighted by atomic mass is 9.96. The molecule has 0 atom stereocenters. The molecule has 1 aromatic rings. The highest BCUT2D eigenvalue weighted by atomic mass is 19.4. The van der Waals surface area contributed by atoms with Crippen LogP contribution in [0.4, 0.5) is 24.8 Å². The van der Waals surface area contributed by atoms with Gasteiger partial charge in [-0.25, -0.2) is 9.97 Å². The summed E-state index contributed by atoms with van der Waals surface area (Å²) in [5, 5.41) is 0. The first kappa shape index (κ1) is 15.5. The lowest BCUT2D eigenvalue weighted by Crippen LogP contribution is -2.35. The van der Waals surface area contributed by atoms with Crippen molar-refractivity contribution in [1.82, 2.24) is 9.97 Å². The van der Waals surface area contributed by atoms with Gasteiger partial charge in [-0.2, -0.15) is 13.2 Å². The van der Waals surface area contributed by atoms with E-state index < -0.39 is 12.7 Å². The van der Waals surface area contributed by atoms with E-state index in [0.717, 1.165) is 4.90 Å². The largest absolute Gasteiger partial charge is 0.405 e. The van der Waals surface area contributed by atoms with Crippen LogP contribution in [0.25, 0.3) is 0 Å². The minimum absolute atomic E-state index is 0.176. The highest BCUT2D eigenvalue weighted by molar-refractivity contribution is 5.47. The number of alkyl halides is 3. The molecule has 2 N–H and O–H groups in total. The van der Waals surface area contributed by atoms with E-state index >= 15 is 0 Å². The Labute approximate surface area is 110 Å². The van der Waals surface area contributed by atoms with Crippen molar-refractivity contribution in [3.8, 4) is 0 Å². The molecule has 0 saturated heterocycles. The number of nitrogens with zero attached hydrogens (tertiary/aromatic N) is 3. The third-order valence-electron chi connectivity index (χ3n) is 2.48. The Kier molecular flexibility index (Phi) is 4.27. The van der Waals surface area contributed by atoms with Gasteiger partial charge in [0.05, 0.1) is 0 Å². The zero-order valence-electron chi connectivity index (χ0n) is 11.5. The molecule has 0 aromatic carbocycles. The fourth-order valence-corrected chi connectivity index (χ4v) is 1.52. The van der Waals surface area contributed by atoms with Gasteiger partial charge in [-0.1, -0.05) is 20.8 Å². The normalized spacial score (nSPS) is 12.6. The molecule has 1 rings (SSSR count). The van der Waals surface area contributed by atoms with Crippen LogP contribution in [-0.2, 0) is 5.41 Å². The quantitative estimate of drug-likeness (QED) is 0.922. The zero-order chi connectivity index (χ0) is 14.8. The summed E-state index contributed by atoms with van der Waals surface area (Å²) in [5.41, 5.74) is 5.28. The summed E-state index contributed by atoms with van der Waals surface area (Å²) < 4.78 is 37.5. The molecule has 0 unspecified atom stereocenters. The molecule has 4 nitrogen and oxygen atoms in total. The molecular weight excluding hydrogens is 257 g/mol. The second-order valence-corrected chi connectivity index (χ2v) is 5.35. The number of nitrogen functional groups attached to an aromatic ring is 1. The van der Waals surface area contributed by atoms with Crippen LogP contribution < -0.4 is 10.6 Å². The maximum atomic E-state index is 12.5. The Morgan fingerprint density at radius 1 is 1.21 bits per heavy atom. The molecule has 0 fully saturated rings. The van der Waals surface area contributed by atoms with Gasteiger partial charge in [0.2, 0.25) is 0 Å². The minimum Gasteiger partial charge on any atom is -0.384 e. The van der Waals surface area contributed by atoms with Crippen molar-refractivity contribution in [3.05, 3.63) is 11.9 Å². The summed E-state index contributed by atoms with van der Waals surface area (Å²) in [4.78, 5) is 9.40. The van der Waals surface area contributed by atoms with Crippen molar-refractivity contribution in [2.45, 2.75) is 39.3 Å². The summed E-state index contributed by atoms with van der Waals surface area (Å²) in [6.45, 7) is 6.42. The number of hydrogen-bond acceptors (Lipinski definition) is 4. The Morgan fingerprint density at radius 2 is 1.79 bits per heavy atom. The molecule has 0 aliphatic heterocycles. The summed E-state index contributed by atoms with van der Waals surface area (Å²) in [6.07, 6.45) is -4.28. The van der Waals surface area contributed by atoms with Crippen molar-refractivity contribution in [2.75, 3.05) is 23.7 Å². The standard InChI is InChI=1S/C12H19F3N4/c1-5-19(7-12(13,14)15)9-6-8(16)17-10(18-9)11(2,3)4/h6H,5,7H2,1-4H3,(H2,16,17,18). The third-order valence-corrected chi connectivity index (χ3v) is 2.48. The lowest BCUT2D eigenvalue weighted by Gasteiger charge is -2.25. The van der Waals surface area contributed by atoms with Crippen LogP contribution in [-0.4, -0.2) is 29.2 Å². The average molecular weight is 276 g/mol. The van der Waals surface area contributed by atoms with E-state index in [2.05, 4.69) is 9.97 Å². The van der Waals surface area contributed by atoms with Gasteiger partial charge in [-0.05, 0) is 6.92 Å². The second kappa shape index (κ2) is 5.22. The molecule has 0 radical (unpaired) electrons. The minimum atomic E-state index is -4.28. The zero-order valence-corrected chi connectivity index (χ0v) is 11.5. The highest BCUT2D eigenvalue weighted by Crippen LogP contribution is 2.25. The van der Waals surface area contributed by atoms with E-state index in [1.165, 1.54) is 6.07 Å². The molecule has 0 spiro atoms. The number of hydrogen-bond donors (Lipinski definition) is 1. The topological polar surface area (TPSA) is 55.0 Å². The number of aromatic nitrogens is 2. The highest BCUT2D eigenvalue weighted by Gasteiger charge is 2.31. The van der Waals surface area contributed by atoms with Gasteiger partial charge in [0.15, 0.2) is 0 Å². The van der Waals surface area contributed by atoms with Crippen molar-refractivity contribution in [1.29, 1.82) is 0 Å². The van der Waals surface area contributed by atoms with E-state index in [-0.39, 0.29) is 23.6 Å². The SMILES string of the molecule is CCN(CC(F)(F)F)c1cc(N)nc(C(C)(C)C)n1. The predicted molar refractivity (Wildman–Crippen MR) is 69.1 cm³/mol. The third kappa shape index (κ3) is 4.57. The molecular formula is C12H19F3N4. The van der Waals surface area contributed by atoms with Crippen LogP contribution >= 0.6 is 0 Å². The van der Waals surface area contributed by atoms with Crippen LogP contribution in [0.1, 0.15) is 33.5 Å². The first-order valence-electron chi connectivity index (χ1n) is 5.99. The van der Waals surface area contributed by atoms with Gasteiger partial charge in [-0.15, -0.1) is 0 Å². The Hall–Kier alpha value is -1.53. The maximum absolute atomic E-state index is 12.5. The maximum Gasteiger partial charge on any atom is 0.405 e. The fraction of sp³-hybridized carbons (Fsp3) is 0.667. The Balaban J connectivity index is 3.14. The van der Waals surface area contributed by atoms with Crippen LogP contribution in [0, 0.1) is 0 Å². The molecule has 0 aliphatic carbocycles. The van der Waals surface area contributed by atoms with Crippen molar-refractivity contribution in [3.63, 3.8) is 0 Å². The molecule has 0 amide bonds. The van der Waals surface area contributed by atoms with Crippen molar-refractivity contribution >= 4 is 11.6 Å². The Bertz CT molecular complexity index is 438. The van der Waals surface area contributed by atoms with Crippen LogP contribution in [0.15, 0.2) is 6.07 Å². The van der Waals surface area contributed by atoms with E-state index in [1.54, 1.807) is 6.92 Å². The van der Waals surface area contributed by atoms with Gasteiger partial charge in [0.25, 0.3) is 0 Å². The van der Waals surface area contributed by atoms with Gasteiger partial charge in [0.1, 0.15) is 24.0 Å². The van der Waals surface area contributed by atoms with E-state index in [4.69, 9.17) is 5.73 Å². The van der Waals surface area contributed by atoms with Crippen LogP contribution in [0.3, 0.4) is 0 Å². The number of anilines is 2. The molecule has 0 bridgehead atoms. The predicted octanol–water partition coefficient (Wildman–Crippen LogP) is 2.74.